The largest absolute Gasteiger partial charge is 0.443 e. The molecule has 0 aliphatic heterocycles. The van der Waals surface area contributed by atoms with Crippen LogP contribution in [0.2, 0.25) is 0 Å². The van der Waals surface area contributed by atoms with Crippen molar-refractivity contribution in [2.24, 2.45) is 4.99 Å². The number of benzene rings is 1. The average Bonchev–Trinajstić information content (AvgIpc) is 3.32. The molecule has 0 unspecified atom stereocenters. The van der Waals surface area contributed by atoms with Crippen LogP contribution in [0.1, 0.15) is 37.4 Å². The Kier molecular flexibility index (Phi) is 5.91. The highest BCUT2D eigenvalue weighted by molar-refractivity contribution is 7.09. The van der Waals surface area contributed by atoms with Gasteiger partial charge in [-0.05, 0) is 0 Å². The van der Waals surface area contributed by atoms with Crippen molar-refractivity contribution in [2.75, 3.05) is 7.05 Å². The third-order valence-electron chi connectivity index (χ3n) is 3.95. The van der Waals surface area contributed by atoms with Gasteiger partial charge in [-0.15, -0.1) is 11.3 Å². The highest BCUT2D eigenvalue weighted by atomic mass is 32.1. The van der Waals surface area contributed by atoms with E-state index in [1.54, 1.807) is 24.6 Å². The van der Waals surface area contributed by atoms with E-state index >= 15 is 0 Å². The molecule has 0 saturated heterocycles. The molecule has 0 saturated carbocycles. The van der Waals surface area contributed by atoms with Crippen LogP contribution in [0.3, 0.4) is 0 Å². The quantitative estimate of drug-likeness (QED) is 0.515. The third kappa shape index (κ3) is 5.17. The Hall–Kier alpha value is -2.67. The molecule has 2 N–H and O–H groups in total. The summed E-state index contributed by atoms with van der Waals surface area (Å²) in [7, 11) is 1.74. The summed E-state index contributed by atoms with van der Waals surface area (Å²) in [4.78, 5) is 13.2. The zero-order valence-electron chi connectivity index (χ0n) is 16.1. The molecule has 142 valence electrons. The average molecular weight is 384 g/mol. The second kappa shape index (κ2) is 8.35. The molecule has 3 aromatic rings. The standard InChI is InChI=1S/C20H25N5OS/c1-20(2,3)16-10-22-17(26-16)11-23-19(21-4)24-12-18-25-15(13-27-18)14-8-6-5-7-9-14/h5-10,13H,11-12H2,1-4H3,(H2,21,23,24). The molecule has 0 spiro atoms. The summed E-state index contributed by atoms with van der Waals surface area (Å²) in [5.74, 6) is 2.20. The number of nitrogens with one attached hydrogen (secondary N) is 2. The van der Waals surface area contributed by atoms with E-state index in [-0.39, 0.29) is 5.41 Å². The van der Waals surface area contributed by atoms with Gasteiger partial charge in [0.2, 0.25) is 5.89 Å². The molecule has 6 nitrogen and oxygen atoms in total. The fourth-order valence-corrected chi connectivity index (χ4v) is 3.15. The van der Waals surface area contributed by atoms with E-state index in [4.69, 9.17) is 4.42 Å². The van der Waals surface area contributed by atoms with Gasteiger partial charge < -0.3 is 15.1 Å². The molecule has 7 heteroatoms. The molecule has 3 rings (SSSR count). The molecule has 0 radical (unpaired) electrons. The van der Waals surface area contributed by atoms with Gasteiger partial charge in [0.1, 0.15) is 10.8 Å². The minimum Gasteiger partial charge on any atom is -0.443 e. The molecule has 0 aliphatic rings. The van der Waals surface area contributed by atoms with E-state index in [9.17, 15) is 0 Å². The summed E-state index contributed by atoms with van der Waals surface area (Å²) in [6.07, 6.45) is 1.79. The van der Waals surface area contributed by atoms with Crippen LogP contribution in [0.4, 0.5) is 0 Å². The lowest BCUT2D eigenvalue weighted by Gasteiger charge is -2.13. The minimum absolute atomic E-state index is 0.0491. The number of aliphatic imine (C=N–C) groups is 1. The number of oxazole rings is 1. The van der Waals surface area contributed by atoms with Crippen molar-refractivity contribution in [3.05, 3.63) is 58.6 Å². The van der Waals surface area contributed by atoms with Crippen molar-refractivity contribution in [3.63, 3.8) is 0 Å². The maximum absolute atomic E-state index is 5.79. The minimum atomic E-state index is -0.0491. The van der Waals surface area contributed by atoms with Crippen molar-refractivity contribution in [1.29, 1.82) is 0 Å². The Morgan fingerprint density at radius 2 is 1.89 bits per heavy atom. The number of nitrogens with zero attached hydrogens (tertiary/aromatic N) is 3. The lowest BCUT2D eigenvalue weighted by Crippen LogP contribution is -2.36. The van der Waals surface area contributed by atoms with Gasteiger partial charge in [-0.2, -0.15) is 0 Å². The van der Waals surface area contributed by atoms with Gasteiger partial charge in [0.05, 0.1) is 25.0 Å². The van der Waals surface area contributed by atoms with E-state index in [0.717, 1.165) is 22.0 Å². The van der Waals surface area contributed by atoms with Gasteiger partial charge in [0, 0.05) is 23.4 Å². The van der Waals surface area contributed by atoms with Gasteiger partial charge in [0.15, 0.2) is 5.96 Å². The van der Waals surface area contributed by atoms with E-state index in [1.807, 2.05) is 18.2 Å². The Bertz CT molecular complexity index is 892. The normalized spacial score (nSPS) is 12.2. The maximum atomic E-state index is 5.79. The molecular formula is C20H25N5OS. The number of thiazole rings is 1. The summed E-state index contributed by atoms with van der Waals surface area (Å²) in [5.41, 5.74) is 2.07. The van der Waals surface area contributed by atoms with Crippen molar-refractivity contribution in [3.8, 4) is 11.3 Å². The van der Waals surface area contributed by atoms with Crippen molar-refractivity contribution < 1.29 is 4.42 Å². The van der Waals surface area contributed by atoms with Crippen molar-refractivity contribution in [1.82, 2.24) is 20.6 Å². The SMILES string of the molecule is CN=C(NCc1ncc(C(C)(C)C)o1)NCc1nc(-c2ccccc2)cs1. The molecule has 0 bridgehead atoms. The lowest BCUT2D eigenvalue weighted by molar-refractivity contribution is 0.379. The highest BCUT2D eigenvalue weighted by Gasteiger charge is 2.19. The first-order valence-corrected chi connectivity index (χ1v) is 9.73. The number of hydrogen-bond donors (Lipinski definition) is 2. The molecule has 0 amide bonds. The highest BCUT2D eigenvalue weighted by Crippen LogP contribution is 2.23. The van der Waals surface area contributed by atoms with E-state index in [1.165, 1.54) is 0 Å². The zero-order chi connectivity index (χ0) is 19.3. The zero-order valence-corrected chi connectivity index (χ0v) is 16.9. The van der Waals surface area contributed by atoms with Gasteiger partial charge in [-0.25, -0.2) is 9.97 Å². The Balaban J connectivity index is 1.52. The maximum Gasteiger partial charge on any atom is 0.213 e. The first kappa shape index (κ1) is 19.1. The first-order valence-electron chi connectivity index (χ1n) is 8.85. The molecule has 1 aromatic carbocycles. The molecule has 2 heterocycles. The topological polar surface area (TPSA) is 75.3 Å². The fraction of sp³-hybridized carbons (Fsp3) is 0.350. The Morgan fingerprint density at radius 1 is 1.15 bits per heavy atom. The Labute approximate surface area is 163 Å². The molecule has 27 heavy (non-hydrogen) atoms. The van der Waals surface area contributed by atoms with E-state index in [2.05, 4.69) is 63.9 Å². The smallest absolute Gasteiger partial charge is 0.213 e. The van der Waals surface area contributed by atoms with Crippen LogP contribution >= 0.6 is 11.3 Å². The van der Waals surface area contributed by atoms with Crippen LogP contribution in [0.25, 0.3) is 11.3 Å². The number of hydrogen-bond acceptors (Lipinski definition) is 5. The van der Waals surface area contributed by atoms with Crippen LogP contribution in [0, 0.1) is 0 Å². The molecule has 0 fully saturated rings. The monoisotopic (exact) mass is 383 g/mol. The van der Waals surface area contributed by atoms with Crippen LogP contribution < -0.4 is 10.6 Å². The summed E-state index contributed by atoms with van der Waals surface area (Å²) in [6, 6.07) is 10.2. The van der Waals surface area contributed by atoms with Crippen LogP contribution in [0.15, 0.2) is 51.3 Å². The summed E-state index contributed by atoms with van der Waals surface area (Å²) < 4.78 is 5.79. The summed E-state index contributed by atoms with van der Waals surface area (Å²) in [5, 5.41) is 9.57. The summed E-state index contributed by atoms with van der Waals surface area (Å²) in [6.45, 7) is 7.38. The van der Waals surface area contributed by atoms with Crippen LogP contribution in [0.5, 0.6) is 0 Å². The van der Waals surface area contributed by atoms with Crippen molar-refractivity contribution in [2.45, 2.75) is 39.3 Å². The lowest BCUT2D eigenvalue weighted by atomic mass is 9.94. The first-order chi connectivity index (χ1) is 13.0. The molecular weight excluding hydrogens is 358 g/mol. The Morgan fingerprint density at radius 3 is 2.56 bits per heavy atom. The van der Waals surface area contributed by atoms with Gasteiger partial charge in [-0.3, -0.25) is 4.99 Å². The molecule has 2 aromatic heterocycles. The van der Waals surface area contributed by atoms with Crippen LogP contribution in [-0.4, -0.2) is 23.0 Å². The number of rotatable bonds is 5. The second-order valence-electron chi connectivity index (χ2n) is 7.14. The molecule has 0 aliphatic carbocycles. The van der Waals surface area contributed by atoms with Crippen molar-refractivity contribution >= 4 is 17.3 Å². The summed E-state index contributed by atoms with van der Waals surface area (Å²) >= 11 is 1.63. The number of aromatic nitrogens is 2. The predicted molar refractivity (Wildman–Crippen MR) is 110 cm³/mol. The van der Waals surface area contributed by atoms with Crippen LogP contribution in [-0.2, 0) is 18.5 Å². The third-order valence-corrected chi connectivity index (χ3v) is 4.80. The molecule has 0 atom stereocenters. The number of guanidine groups is 1. The van der Waals surface area contributed by atoms with E-state index in [0.29, 0.717) is 24.9 Å². The van der Waals surface area contributed by atoms with Gasteiger partial charge >= 0.3 is 0 Å². The second-order valence-corrected chi connectivity index (χ2v) is 8.08. The van der Waals surface area contributed by atoms with E-state index < -0.39 is 0 Å². The van der Waals surface area contributed by atoms with Gasteiger partial charge in [0.25, 0.3) is 0 Å². The predicted octanol–water partition coefficient (Wildman–Crippen LogP) is 3.96. The fourth-order valence-electron chi connectivity index (χ4n) is 2.41. The van der Waals surface area contributed by atoms with Gasteiger partial charge in [-0.1, -0.05) is 51.1 Å².